The second-order valence-electron chi connectivity index (χ2n) is 8.76. The molecule has 0 bridgehead atoms. The maximum atomic E-state index is 13.9. The van der Waals surface area contributed by atoms with E-state index in [9.17, 15) is 9.50 Å². The topological polar surface area (TPSA) is 43.6 Å². The zero-order valence-electron chi connectivity index (χ0n) is 16.6. The first kappa shape index (κ1) is 18.9. The number of phenolic OH excluding ortho intramolecular Hbond substituents is 1. The Hall–Kier alpha value is -2.08. The third-order valence-corrected chi connectivity index (χ3v) is 6.68. The number of benzene rings is 2. The molecule has 2 heterocycles. The largest absolute Gasteiger partial charge is 0.507 e. The van der Waals surface area contributed by atoms with Crippen molar-refractivity contribution in [2.24, 2.45) is 0 Å². The number of ether oxygens (including phenoxy) is 2. The number of fused-ring (bicyclic) bond motifs is 4. The third kappa shape index (κ3) is 2.57. The molecule has 5 rings (SSSR count). The van der Waals surface area contributed by atoms with Crippen LogP contribution in [0.5, 0.6) is 5.75 Å². The van der Waals surface area contributed by atoms with Crippen molar-refractivity contribution in [2.45, 2.75) is 43.8 Å². The Morgan fingerprint density at radius 3 is 2.69 bits per heavy atom. The van der Waals surface area contributed by atoms with Gasteiger partial charge in [0.15, 0.2) is 0 Å². The van der Waals surface area contributed by atoms with Crippen LogP contribution in [0.15, 0.2) is 36.4 Å². The number of aromatic nitrogens is 1. The van der Waals surface area contributed by atoms with Gasteiger partial charge in [0.1, 0.15) is 17.2 Å². The van der Waals surface area contributed by atoms with Gasteiger partial charge in [0.25, 0.3) is 0 Å². The van der Waals surface area contributed by atoms with Gasteiger partial charge in [-0.3, -0.25) is 0 Å². The fourth-order valence-electron chi connectivity index (χ4n) is 4.92. The number of aromatic hydroxyl groups is 1. The molecule has 1 spiro atoms. The molecule has 152 valence electrons. The normalized spacial score (nSPS) is 25.2. The zero-order valence-corrected chi connectivity index (χ0v) is 17.4. The first-order chi connectivity index (χ1) is 13.8. The van der Waals surface area contributed by atoms with E-state index in [-0.39, 0.29) is 22.3 Å². The van der Waals surface area contributed by atoms with Crippen LogP contribution < -0.4 is 0 Å². The van der Waals surface area contributed by atoms with Crippen molar-refractivity contribution in [3.8, 4) is 11.4 Å². The second-order valence-corrected chi connectivity index (χ2v) is 9.17. The summed E-state index contributed by atoms with van der Waals surface area (Å²) in [7, 11) is 1.71. The summed E-state index contributed by atoms with van der Waals surface area (Å²) in [5, 5.41) is 11.7. The number of halogens is 2. The van der Waals surface area contributed by atoms with Crippen LogP contribution in [0.2, 0.25) is 5.02 Å². The summed E-state index contributed by atoms with van der Waals surface area (Å²) in [6.45, 7) is 4.80. The Labute approximate surface area is 173 Å². The van der Waals surface area contributed by atoms with Gasteiger partial charge in [0.05, 0.1) is 23.3 Å². The van der Waals surface area contributed by atoms with Gasteiger partial charge in [0.2, 0.25) is 0 Å². The monoisotopic (exact) mass is 415 g/mol. The molecule has 0 unspecified atom stereocenters. The van der Waals surface area contributed by atoms with Gasteiger partial charge >= 0.3 is 0 Å². The molecule has 1 fully saturated rings. The van der Waals surface area contributed by atoms with Crippen molar-refractivity contribution in [3.63, 3.8) is 0 Å². The van der Waals surface area contributed by atoms with Crippen molar-refractivity contribution in [3.05, 3.63) is 58.5 Å². The smallest absolute Gasteiger partial charge is 0.141 e. The fraction of sp³-hybridized carbons (Fsp3) is 0.391. The van der Waals surface area contributed by atoms with E-state index in [1.165, 1.54) is 6.07 Å². The van der Waals surface area contributed by atoms with Gasteiger partial charge in [-0.05, 0) is 30.3 Å². The average molecular weight is 416 g/mol. The molecule has 1 N–H and O–H groups in total. The predicted molar refractivity (Wildman–Crippen MR) is 111 cm³/mol. The lowest BCUT2D eigenvalue weighted by Crippen LogP contribution is -2.53. The molecule has 3 aromatic rings. The SMILES string of the molecule is COC1CC2(C1)OCC(C)(C)c1c2c2c(O)cccc2n1-c1ccc(F)c(Cl)c1. The molecule has 1 aliphatic heterocycles. The molecule has 0 amide bonds. The molecule has 2 aliphatic rings. The Balaban J connectivity index is 1.88. The average Bonchev–Trinajstić information content (AvgIpc) is 3.01. The predicted octanol–water partition coefficient (Wildman–Crippen LogP) is 5.44. The summed E-state index contributed by atoms with van der Waals surface area (Å²) in [6, 6.07) is 10.2. The lowest BCUT2D eigenvalue weighted by Gasteiger charge is -2.52. The van der Waals surface area contributed by atoms with E-state index < -0.39 is 11.4 Å². The van der Waals surface area contributed by atoms with Crippen molar-refractivity contribution in [1.82, 2.24) is 4.57 Å². The second kappa shape index (κ2) is 6.21. The number of hydrogen-bond acceptors (Lipinski definition) is 3. The molecular weight excluding hydrogens is 393 g/mol. The molecule has 0 saturated heterocycles. The minimum Gasteiger partial charge on any atom is -0.507 e. The minimum atomic E-state index is -0.488. The van der Waals surface area contributed by atoms with Crippen LogP contribution in [-0.4, -0.2) is 29.5 Å². The molecule has 1 aromatic heterocycles. The number of phenols is 1. The summed E-state index contributed by atoms with van der Waals surface area (Å²) in [5.74, 6) is -0.239. The number of hydrogen-bond donors (Lipinski definition) is 1. The van der Waals surface area contributed by atoms with E-state index in [0.29, 0.717) is 6.61 Å². The van der Waals surface area contributed by atoms with Crippen LogP contribution in [0.1, 0.15) is 37.9 Å². The highest BCUT2D eigenvalue weighted by molar-refractivity contribution is 6.30. The molecule has 4 nitrogen and oxygen atoms in total. The minimum absolute atomic E-state index is 0.0703. The molecule has 2 aromatic carbocycles. The van der Waals surface area contributed by atoms with Gasteiger partial charge in [0, 0.05) is 47.7 Å². The molecule has 29 heavy (non-hydrogen) atoms. The Morgan fingerprint density at radius 2 is 2.00 bits per heavy atom. The Morgan fingerprint density at radius 1 is 1.24 bits per heavy atom. The van der Waals surface area contributed by atoms with Gasteiger partial charge < -0.3 is 19.1 Å². The summed E-state index contributed by atoms with van der Waals surface area (Å²) < 4.78 is 27.9. The summed E-state index contributed by atoms with van der Waals surface area (Å²) in [5.41, 5.74) is 2.90. The molecule has 1 saturated carbocycles. The van der Waals surface area contributed by atoms with Gasteiger partial charge in [-0.15, -0.1) is 0 Å². The highest BCUT2D eigenvalue weighted by Crippen LogP contribution is 2.57. The van der Waals surface area contributed by atoms with E-state index in [1.54, 1.807) is 25.3 Å². The summed E-state index contributed by atoms with van der Waals surface area (Å²) in [4.78, 5) is 0. The first-order valence-electron chi connectivity index (χ1n) is 9.77. The van der Waals surface area contributed by atoms with Crippen LogP contribution in [0.4, 0.5) is 4.39 Å². The summed E-state index contributed by atoms with van der Waals surface area (Å²) in [6.07, 6.45) is 1.61. The van der Waals surface area contributed by atoms with Crippen molar-refractivity contribution >= 4 is 22.5 Å². The Kier molecular flexibility index (Phi) is 4.05. The highest BCUT2D eigenvalue weighted by atomic mass is 35.5. The third-order valence-electron chi connectivity index (χ3n) is 6.39. The number of methoxy groups -OCH3 is 1. The van der Waals surface area contributed by atoms with E-state index in [0.717, 1.165) is 40.7 Å². The number of rotatable bonds is 2. The molecular formula is C23H23ClFNO3. The van der Waals surface area contributed by atoms with Crippen molar-refractivity contribution < 1.29 is 19.0 Å². The van der Waals surface area contributed by atoms with Gasteiger partial charge in [-0.1, -0.05) is 31.5 Å². The zero-order chi connectivity index (χ0) is 20.6. The summed E-state index contributed by atoms with van der Waals surface area (Å²) >= 11 is 6.12. The van der Waals surface area contributed by atoms with Crippen LogP contribution in [0.3, 0.4) is 0 Å². The van der Waals surface area contributed by atoms with Crippen LogP contribution in [-0.2, 0) is 20.5 Å². The fourth-order valence-corrected chi connectivity index (χ4v) is 5.10. The molecule has 0 atom stereocenters. The highest BCUT2D eigenvalue weighted by Gasteiger charge is 2.55. The first-order valence-corrected chi connectivity index (χ1v) is 10.1. The lowest BCUT2D eigenvalue weighted by atomic mass is 9.67. The van der Waals surface area contributed by atoms with Crippen molar-refractivity contribution in [1.29, 1.82) is 0 Å². The van der Waals surface area contributed by atoms with E-state index in [2.05, 4.69) is 18.4 Å². The number of nitrogens with zero attached hydrogens (tertiary/aromatic N) is 1. The Bertz CT molecular complexity index is 1130. The van der Waals surface area contributed by atoms with Crippen LogP contribution in [0.25, 0.3) is 16.6 Å². The van der Waals surface area contributed by atoms with Crippen LogP contribution >= 0.6 is 11.6 Å². The van der Waals surface area contributed by atoms with Crippen molar-refractivity contribution in [2.75, 3.05) is 13.7 Å². The van der Waals surface area contributed by atoms with Gasteiger partial charge in [-0.25, -0.2) is 4.39 Å². The molecule has 1 aliphatic carbocycles. The quantitative estimate of drug-likeness (QED) is 0.606. The molecule has 0 radical (unpaired) electrons. The lowest BCUT2D eigenvalue weighted by molar-refractivity contribution is -0.187. The standard InChI is InChI=1S/C23H23ClFNO3/c1-22(2)12-29-23(10-14(11-23)28-3)20-19-17(5-4-6-18(19)27)26(21(20)22)13-7-8-16(25)15(24)9-13/h4-9,14,27H,10-12H2,1-3H3. The van der Waals surface area contributed by atoms with Crippen LogP contribution in [0, 0.1) is 5.82 Å². The molecule has 6 heteroatoms. The maximum Gasteiger partial charge on any atom is 0.141 e. The van der Waals surface area contributed by atoms with E-state index in [4.69, 9.17) is 21.1 Å². The van der Waals surface area contributed by atoms with E-state index in [1.807, 2.05) is 12.1 Å². The van der Waals surface area contributed by atoms with E-state index >= 15 is 0 Å². The maximum absolute atomic E-state index is 13.9. The van der Waals surface area contributed by atoms with Gasteiger partial charge in [-0.2, -0.15) is 0 Å².